The number of nitrogens with zero attached hydrogens (tertiary/aromatic N) is 2. The number of rotatable bonds is 3. The van der Waals surface area contributed by atoms with E-state index < -0.39 is 0 Å². The van der Waals surface area contributed by atoms with E-state index in [1.165, 1.54) is 24.8 Å². The molecule has 1 N–H and O–H groups in total. The molecule has 1 aliphatic carbocycles. The van der Waals surface area contributed by atoms with E-state index in [2.05, 4.69) is 16.0 Å². The third-order valence-electron chi connectivity index (χ3n) is 4.92. The summed E-state index contributed by atoms with van der Waals surface area (Å²) < 4.78 is 5.09. The number of likely N-dealkylation sites (tertiary alicyclic amines) is 1. The van der Waals surface area contributed by atoms with Gasteiger partial charge in [-0.1, -0.05) is 18.9 Å². The smallest absolute Gasteiger partial charge is 0.212 e. The van der Waals surface area contributed by atoms with Gasteiger partial charge in [0.15, 0.2) is 0 Å². The average molecular weight is 276 g/mol. The zero-order valence-corrected chi connectivity index (χ0v) is 12.2. The van der Waals surface area contributed by atoms with Crippen molar-refractivity contribution in [2.45, 2.75) is 44.2 Å². The van der Waals surface area contributed by atoms with Crippen molar-refractivity contribution >= 4 is 0 Å². The van der Waals surface area contributed by atoms with Crippen molar-refractivity contribution in [3.8, 4) is 5.88 Å². The van der Waals surface area contributed by atoms with E-state index in [0.717, 1.165) is 32.5 Å². The second-order valence-electron chi connectivity index (χ2n) is 6.24. The van der Waals surface area contributed by atoms with Crippen LogP contribution in [0.3, 0.4) is 0 Å². The highest BCUT2D eigenvalue weighted by atomic mass is 16.5. The summed E-state index contributed by atoms with van der Waals surface area (Å²) in [6.07, 6.45) is 7.44. The first-order chi connectivity index (χ1) is 9.69. The van der Waals surface area contributed by atoms with Gasteiger partial charge in [-0.2, -0.15) is 0 Å². The maximum Gasteiger partial charge on any atom is 0.212 e. The first kappa shape index (κ1) is 13.8. The number of aliphatic hydroxyl groups is 1. The van der Waals surface area contributed by atoms with E-state index in [4.69, 9.17) is 4.74 Å². The summed E-state index contributed by atoms with van der Waals surface area (Å²) in [5, 5.41) is 10.7. The van der Waals surface area contributed by atoms with Gasteiger partial charge in [-0.3, -0.25) is 4.90 Å². The Bertz CT molecular complexity index is 448. The van der Waals surface area contributed by atoms with Crippen LogP contribution in [0.15, 0.2) is 18.3 Å². The molecule has 1 saturated carbocycles. The van der Waals surface area contributed by atoms with Crippen molar-refractivity contribution in [1.82, 2.24) is 9.88 Å². The van der Waals surface area contributed by atoms with Crippen LogP contribution in [0.4, 0.5) is 0 Å². The summed E-state index contributed by atoms with van der Waals surface area (Å²) in [6, 6.07) is 3.99. The molecule has 1 aliphatic heterocycles. The lowest BCUT2D eigenvalue weighted by molar-refractivity contribution is -0.0968. The lowest BCUT2D eigenvalue weighted by Crippen LogP contribution is -2.52. The topological polar surface area (TPSA) is 45.6 Å². The SMILES string of the molecule is COc1ccc(CN2CC[C@@]3(O)CCCC[C@H]3C2)cn1. The molecule has 0 radical (unpaired) electrons. The van der Waals surface area contributed by atoms with Crippen molar-refractivity contribution in [2.24, 2.45) is 5.92 Å². The second-order valence-corrected chi connectivity index (χ2v) is 6.24. The highest BCUT2D eigenvalue weighted by Gasteiger charge is 2.42. The van der Waals surface area contributed by atoms with Gasteiger partial charge >= 0.3 is 0 Å². The maximum atomic E-state index is 10.7. The van der Waals surface area contributed by atoms with Crippen LogP contribution >= 0.6 is 0 Å². The molecule has 2 heterocycles. The van der Waals surface area contributed by atoms with Gasteiger partial charge in [0.2, 0.25) is 5.88 Å². The van der Waals surface area contributed by atoms with Crippen molar-refractivity contribution < 1.29 is 9.84 Å². The summed E-state index contributed by atoms with van der Waals surface area (Å²) in [7, 11) is 1.64. The lowest BCUT2D eigenvalue weighted by Gasteiger charge is -2.47. The van der Waals surface area contributed by atoms with Crippen molar-refractivity contribution in [3.63, 3.8) is 0 Å². The van der Waals surface area contributed by atoms with Gasteiger partial charge in [0, 0.05) is 37.8 Å². The van der Waals surface area contributed by atoms with Crippen molar-refractivity contribution in [1.29, 1.82) is 0 Å². The fraction of sp³-hybridized carbons (Fsp3) is 0.688. The van der Waals surface area contributed by atoms with Crippen molar-refractivity contribution in [3.05, 3.63) is 23.9 Å². The summed E-state index contributed by atoms with van der Waals surface area (Å²) in [4.78, 5) is 6.71. The number of hydrogen-bond donors (Lipinski definition) is 1. The largest absolute Gasteiger partial charge is 0.481 e. The molecule has 20 heavy (non-hydrogen) atoms. The molecular formula is C16H24N2O2. The Morgan fingerprint density at radius 3 is 3.05 bits per heavy atom. The number of pyridine rings is 1. The molecule has 3 rings (SSSR count). The molecule has 110 valence electrons. The van der Waals surface area contributed by atoms with Gasteiger partial charge in [0.25, 0.3) is 0 Å². The van der Waals surface area contributed by atoms with Crippen LogP contribution in [0.1, 0.15) is 37.7 Å². The van der Waals surface area contributed by atoms with Crippen LogP contribution in [0, 0.1) is 5.92 Å². The number of aromatic nitrogens is 1. The molecule has 0 unspecified atom stereocenters. The first-order valence-electron chi connectivity index (χ1n) is 7.63. The number of ether oxygens (including phenoxy) is 1. The van der Waals surface area contributed by atoms with Crippen LogP contribution in [0.5, 0.6) is 5.88 Å². The molecule has 0 spiro atoms. The van der Waals surface area contributed by atoms with Gasteiger partial charge in [0.05, 0.1) is 12.7 Å². The van der Waals surface area contributed by atoms with Crippen LogP contribution in [-0.2, 0) is 6.54 Å². The third kappa shape index (κ3) is 2.81. The Morgan fingerprint density at radius 2 is 2.30 bits per heavy atom. The van der Waals surface area contributed by atoms with Crippen LogP contribution < -0.4 is 4.74 Å². The maximum absolute atomic E-state index is 10.7. The summed E-state index contributed by atoms with van der Waals surface area (Å²) in [6.45, 7) is 2.92. The molecule has 0 aromatic carbocycles. The lowest BCUT2D eigenvalue weighted by atomic mass is 9.71. The Balaban J connectivity index is 1.61. The van der Waals surface area contributed by atoms with E-state index >= 15 is 0 Å². The first-order valence-corrected chi connectivity index (χ1v) is 7.63. The van der Waals surface area contributed by atoms with Gasteiger partial charge in [-0.05, 0) is 24.8 Å². The van der Waals surface area contributed by atoms with Crippen LogP contribution in [-0.4, -0.2) is 40.8 Å². The molecule has 4 nitrogen and oxygen atoms in total. The Hall–Kier alpha value is -1.13. The predicted molar refractivity (Wildman–Crippen MR) is 77.6 cm³/mol. The highest BCUT2D eigenvalue weighted by molar-refractivity contribution is 5.17. The van der Waals surface area contributed by atoms with Crippen LogP contribution in [0.25, 0.3) is 0 Å². The fourth-order valence-corrected chi connectivity index (χ4v) is 3.67. The van der Waals surface area contributed by atoms with Gasteiger partial charge in [-0.25, -0.2) is 4.98 Å². The molecule has 1 aromatic heterocycles. The minimum absolute atomic E-state index is 0.382. The molecule has 0 bridgehead atoms. The minimum Gasteiger partial charge on any atom is -0.481 e. The normalized spacial score (nSPS) is 30.8. The fourth-order valence-electron chi connectivity index (χ4n) is 3.67. The van der Waals surface area contributed by atoms with E-state index in [9.17, 15) is 5.11 Å². The number of hydrogen-bond acceptors (Lipinski definition) is 4. The zero-order chi connectivity index (χ0) is 14.0. The van der Waals surface area contributed by atoms with Crippen LogP contribution in [0.2, 0.25) is 0 Å². The van der Waals surface area contributed by atoms with E-state index in [1.54, 1.807) is 7.11 Å². The highest BCUT2D eigenvalue weighted by Crippen LogP contribution is 2.39. The molecule has 4 heteroatoms. The molecule has 2 aliphatic rings. The molecule has 1 saturated heterocycles. The van der Waals surface area contributed by atoms with E-state index in [-0.39, 0.29) is 5.60 Å². The van der Waals surface area contributed by atoms with Crippen molar-refractivity contribution in [2.75, 3.05) is 20.2 Å². The molecule has 2 fully saturated rings. The zero-order valence-electron chi connectivity index (χ0n) is 12.2. The van der Waals surface area contributed by atoms with Gasteiger partial charge in [0.1, 0.15) is 0 Å². The summed E-state index contributed by atoms with van der Waals surface area (Å²) in [5.74, 6) is 1.12. The molecule has 1 aromatic rings. The van der Waals surface area contributed by atoms with Gasteiger partial charge < -0.3 is 9.84 Å². The Kier molecular flexibility index (Phi) is 3.94. The predicted octanol–water partition coefficient (Wildman–Crippen LogP) is 2.22. The standard InChI is InChI=1S/C16H24N2O2/c1-20-15-6-5-13(10-17-15)11-18-9-8-16(19)7-3-2-4-14(16)12-18/h5-6,10,14,19H,2-4,7-9,11-12H2,1H3/t14-,16-/m0/s1. The Morgan fingerprint density at radius 1 is 1.40 bits per heavy atom. The Labute approximate surface area is 120 Å². The molecule has 0 amide bonds. The summed E-state index contributed by atoms with van der Waals surface area (Å²) in [5.41, 5.74) is 0.833. The minimum atomic E-state index is -0.382. The number of methoxy groups -OCH3 is 1. The monoisotopic (exact) mass is 276 g/mol. The second kappa shape index (κ2) is 5.70. The molecular weight excluding hydrogens is 252 g/mol. The quantitative estimate of drug-likeness (QED) is 0.919. The average Bonchev–Trinajstić information content (AvgIpc) is 2.48. The van der Waals surface area contributed by atoms with E-state index in [0.29, 0.717) is 11.8 Å². The van der Waals surface area contributed by atoms with Gasteiger partial charge in [-0.15, -0.1) is 0 Å². The van der Waals surface area contributed by atoms with E-state index in [1.807, 2.05) is 12.3 Å². The summed E-state index contributed by atoms with van der Waals surface area (Å²) >= 11 is 0. The number of fused-ring (bicyclic) bond motifs is 1. The molecule has 2 atom stereocenters. The number of piperidine rings is 1. The third-order valence-corrected chi connectivity index (χ3v) is 4.92.